The van der Waals surface area contributed by atoms with Crippen molar-refractivity contribution in [2.24, 2.45) is 10.9 Å². The summed E-state index contributed by atoms with van der Waals surface area (Å²) in [4.78, 5) is 4.24. The smallest absolute Gasteiger partial charge is 0.191 e. The topological polar surface area (TPSA) is 54.9 Å². The highest BCUT2D eigenvalue weighted by Crippen LogP contribution is 2.28. The predicted octanol–water partition coefficient (Wildman–Crippen LogP) is 2.94. The molecule has 0 unspecified atom stereocenters. The van der Waals surface area contributed by atoms with Gasteiger partial charge in [-0.05, 0) is 43.4 Å². The molecule has 1 aromatic rings. The van der Waals surface area contributed by atoms with E-state index in [9.17, 15) is 0 Å². The molecule has 1 aliphatic carbocycles. The summed E-state index contributed by atoms with van der Waals surface area (Å²) in [6.07, 6.45) is 3.66. The molecule has 0 aromatic heterocycles. The van der Waals surface area contributed by atoms with E-state index in [1.807, 2.05) is 18.2 Å². The minimum Gasteiger partial charge on any atom is -0.496 e. The fraction of sp³-hybridized carbons (Fsp3) is 0.588. The first-order valence-corrected chi connectivity index (χ1v) is 8.87. The summed E-state index contributed by atoms with van der Waals surface area (Å²) in [6.45, 7) is 3.23. The number of rotatable bonds is 9. The molecule has 0 saturated heterocycles. The lowest BCUT2D eigenvalue weighted by Crippen LogP contribution is -2.37. The summed E-state index contributed by atoms with van der Waals surface area (Å²) >= 11 is 3.49. The summed E-state index contributed by atoms with van der Waals surface area (Å²) in [5.41, 5.74) is 1.08. The highest BCUT2D eigenvalue weighted by atomic mass is 79.9. The first-order chi connectivity index (χ1) is 11.2. The maximum Gasteiger partial charge on any atom is 0.191 e. The van der Waals surface area contributed by atoms with Gasteiger partial charge >= 0.3 is 0 Å². The molecule has 0 aliphatic heterocycles. The zero-order chi connectivity index (χ0) is 16.5. The van der Waals surface area contributed by atoms with Crippen LogP contribution in [0.15, 0.2) is 27.7 Å². The molecule has 2 N–H and O–H groups in total. The van der Waals surface area contributed by atoms with Gasteiger partial charge in [0.1, 0.15) is 5.75 Å². The molecular weight excluding hydrogens is 358 g/mol. The number of halogens is 1. The van der Waals surface area contributed by atoms with E-state index in [1.165, 1.54) is 12.8 Å². The fourth-order valence-electron chi connectivity index (χ4n) is 2.20. The van der Waals surface area contributed by atoms with Crippen LogP contribution in [-0.4, -0.2) is 39.9 Å². The van der Waals surface area contributed by atoms with Crippen molar-refractivity contribution in [2.75, 3.05) is 33.9 Å². The monoisotopic (exact) mass is 383 g/mol. The minimum absolute atomic E-state index is 0.653. The predicted molar refractivity (Wildman–Crippen MR) is 97.1 cm³/mol. The average molecular weight is 384 g/mol. The van der Waals surface area contributed by atoms with Crippen LogP contribution in [-0.2, 0) is 11.3 Å². The van der Waals surface area contributed by atoms with Crippen molar-refractivity contribution in [3.05, 3.63) is 28.2 Å². The van der Waals surface area contributed by atoms with Crippen LogP contribution in [0.4, 0.5) is 0 Å². The molecule has 6 heteroatoms. The van der Waals surface area contributed by atoms with Crippen molar-refractivity contribution >= 4 is 21.9 Å². The zero-order valence-electron chi connectivity index (χ0n) is 13.9. The Labute approximate surface area is 147 Å². The van der Waals surface area contributed by atoms with Gasteiger partial charge in [0.25, 0.3) is 0 Å². The van der Waals surface area contributed by atoms with E-state index in [0.717, 1.165) is 53.8 Å². The number of nitrogens with one attached hydrogen (secondary N) is 2. The van der Waals surface area contributed by atoms with E-state index in [1.54, 1.807) is 14.2 Å². The van der Waals surface area contributed by atoms with Gasteiger partial charge < -0.3 is 20.1 Å². The molecule has 23 heavy (non-hydrogen) atoms. The molecule has 0 bridgehead atoms. The van der Waals surface area contributed by atoms with Crippen molar-refractivity contribution in [1.82, 2.24) is 10.6 Å². The van der Waals surface area contributed by atoms with Crippen LogP contribution in [0.3, 0.4) is 0 Å². The Morgan fingerprint density at radius 1 is 1.35 bits per heavy atom. The van der Waals surface area contributed by atoms with Gasteiger partial charge in [0.15, 0.2) is 5.96 Å². The second kappa shape index (κ2) is 9.78. The standard InChI is InChI=1S/C17H26BrN3O2/c1-19-17(20-8-3-9-23-12-13-4-5-13)21-11-14-10-15(18)6-7-16(14)22-2/h6-7,10,13H,3-5,8-9,11-12H2,1-2H3,(H2,19,20,21). The Morgan fingerprint density at radius 3 is 2.87 bits per heavy atom. The second-order valence-electron chi connectivity index (χ2n) is 5.68. The third kappa shape index (κ3) is 6.79. The third-order valence-corrected chi connectivity index (χ3v) is 4.21. The lowest BCUT2D eigenvalue weighted by molar-refractivity contribution is 0.123. The normalized spacial score (nSPS) is 14.7. The van der Waals surface area contributed by atoms with Gasteiger partial charge in [0.2, 0.25) is 0 Å². The largest absolute Gasteiger partial charge is 0.496 e. The first-order valence-electron chi connectivity index (χ1n) is 8.07. The van der Waals surface area contributed by atoms with Gasteiger partial charge in [-0.25, -0.2) is 0 Å². The maximum atomic E-state index is 5.62. The Kier molecular flexibility index (Phi) is 7.68. The number of ether oxygens (including phenoxy) is 2. The van der Waals surface area contributed by atoms with E-state index in [0.29, 0.717) is 6.54 Å². The van der Waals surface area contributed by atoms with Crippen LogP contribution in [0.5, 0.6) is 5.75 Å². The van der Waals surface area contributed by atoms with E-state index in [4.69, 9.17) is 9.47 Å². The van der Waals surface area contributed by atoms with Crippen LogP contribution in [0, 0.1) is 5.92 Å². The zero-order valence-corrected chi connectivity index (χ0v) is 15.5. The molecule has 2 rings (SSSR count). The number of benzene rings is 1. The molecule has 1 saturated carbocycles. The number of guanidine groups is 1. The minimum atomic E-state index is 0.653. The summed E-state index contributed by atoms with van der Waals surface area (Å²) in [6, 6.07) is 5.97. The molecule has 5 nitrogen and oxygen atoms in total. The van der Waals surface area contributed by atoms with Crippen molar-refractivity contribution in [2.45, 2.75) is 25.8 Å². The molecular formula is C17H26BrN3O2. The highest BCUT2D eigenvalue weighted by molar-refractivity contribution is 9.10. The van der Waals surface area contributed by atoms with Gasteiger partial charge in [-0.15, -0.1) is 0 Å². The van der Waals surface area contributed by atoms with Crippen molar-refractivity contribution < 1.29 is 9.47 Å². The van der Waals surface area contributed by atoms with Crippen LogP contribution in [0.25, 0.3) is 0 Å². The van der Waals surface area contributed by atoms with Gasteiger partial charge in [-0.3, -0.25) is 4.99 Å². The lowest BCUT2D eigenvalue weighted by atomic mass is 10.2. The molecule has 0 spiro atoms. The fourth-order valence-corrected chi connectivity index (χ4v) is 2.61. The number of hydrogen-bond acceptors (Lipinski definition) is 3. The quantitative estimate of drug-likeness (QED) is 0.391. The molecule has 1 aliphatic rings. The van der Waals surface area contributed by atoms with Crippen molar-refractivity contribution in [3.8, 4) is 5.75 Å². The van der Waals surface area contributed by atoms with Crippen LogP contribution in [0.1, 0.15) is 24.8 Å². The van der Waals surface area contributed by atoms with Gasteiger partial charge in [0, 0.05) is 43.4 Å². The van der Waals surface area contributed by atoms with Gasteiger partial charge in [-0.2, -0.15) is 0 Å². The van der Waals surface area contributed by atoms with Crippen molar-refractivity contribution in [1.29, 1.82) is 0 Å². The molecule has 128 valence electrons. The molecule has 0 radical (unpaired) electrons. The Balaban J connectivity index is 1.66. The molecule has 0 atom stereocenters. The van der Waals surface area contributed by atoms with E-state index in [2.05, 4.69) is 31.6 Å². The van der Waals surface area contributed by atoms with E-state index < -0.39 is 0 Å². The number of aliphatic imine (C=N–C) groups is 1. The SMILES string of the molecule is CN=C(NCCCOCC1CC1)NCc1cc(Br)ccc1OC. The number of hydrogen-bond donors (Lipinski definition) is 2. The van der Waals surface area contributed by atoms with Crippen LogP contribution < -0.4 is 15.4 Å². The van der Waals surface area contributed by atoms with E-state index >= 15 is 0 Å². The maximum absolute atomic E-state index is 5.62. The van der Waals surface area contributed by atoms with Gasteiger partial charge in [0.05, 0.1) is 7.11 Å². The Morgan fingerprint density at radius 2 is 2.17 bits per heavy atom. The molecule has 1 fully saturated rings. The molecule has 0 amide bonds. The lowest BCUT2D eigenvalue weighted by Gasteiger charge is -2.14. The van der Waals surface area contributed by atoms with Crippen LogP contribution >= 0.6 is 15.9 Å². The summed E-state index contributed by atoms with van der Waals surface area (Å²) < 4.78 is 12.0. The van der Waals surface area contributed by atoms with Gasteiger partial charge in [-0.1, -0.05) is 15.9 Å². The summed E-state index contributed by atoms with van der Waals surface area (Å²) in [5, 5.41) is 6.61. The Hall–Kier alpha value is -1.27. The number of methoxy groups -OCH3 is 1. The highest BCUT2D eigenvalue weighted by Gasteiger charge is 2.20. The molecule has 1 aromatic carbocycles. The first kappa shape index (κ1) is 18.1. The van der Waals surface area contributed by atoms with Crippen LogP contribution in [0.2, 0.25) is 0 Å². The number of nitrogens with zero attached hydrogens (tertiary/aromatic N) is 1. The van der Waals surface area contributed by atoms with Crippen molar-refractivity contribution in [3.63, 3.8) is 0 Å². The van der Waals surface area contributed by atoms with E-state index in [-0.39, 0.29) is 0 Å². The molecule has 0 heterocycles. The Bertz CT molecular complexity index is 519. The second-order valence-corrected chi connectivity index (χ2v) is 6.60. The third-order valence-electron chi connectivity index (χ3n) is 3.72. The summed E-state index contributed by atoms with van der Waals surface area (Å²) in [7, 11) is 3.46. The average Bonchev–Trinajstić information content (AvgIpc) is 3.38. The summed E-state index contributed by atoms with van der Waals surface area (Å²) in [5.74, 6) is 2.48.